The molecule has 172 valence electrons. The van der Waals surface area contributed by atoms with Gasteiger partial charge in [-0.25, -0.2) is 4.39 Å². The number of rotatable bonds is 9. The van der Waals surface area contributed by atoms with Crippen LogP contribution in [0.3, 0.4) is 0 Å². The Balaban J connectivity index is 1.42. The fraction of sp³-hybridized carbons (Fsp3) is 0.143. The number of nitrogens with one attached hydrogen (secondary N) is 1. The highest BCUT2D eigenvalue weighted by Gasteiger charge is 2.21. The van der Waals surface area contributed by atoms with Crippen molar-refractivity contribution in [2.75, 3.05) is 11.4 Å². The second-order valence-corrected chi connectivity index (χ2v) is 7.93. The van der Waals surface area contributed by atoms with Crippen molar-refractivity contribution in [3.63, 3.8) is 0 Å². The quantitative estimate of drug-likeness (QED) is 0.378. The first-order valence-electron chi connectivity index (χ1n) is 11.1. The van der Waals surface area contributed by atoms with Crippen LogP contribution in [-0.2, 0) is 24.2 Å². The number of nitrogens with zero attached hydrogens (tertiary/aromatic N) is 1. The van der Waals surface area contributed by atoms with Crippen molar-refractivity contribution in [3.05, 3.63) is 126 Å². The van der Waals surface area contributed by atoms with Crippen LogP contribution in [0.15, 0.2) is 102 Å². The Kier molecular flexibility index (Phi) is 7.50. The molecule has 0 bridgehead atoms. The van der Waals surface area contributed by atoms with Crippen molar-refractivity contribution in [1.29, 1.82) is 0 Å². The summed E-state index contributed by atoms with van der Waals surface area (Å²) in [7, 11) is 0. The maximum absolute atomic E-state index is 13.7. The number of anilines is 1. The Morgan fingerprint density at radius 1 is 0.824 bits per heavy atom. The molecule has 0 radical (unpaired) electrons. The molecular formula is C28H25FN2O3. The van der Waals surface area contributed by atoms with Gasteiger partial charge in [0.2, 0.25) is 5.91 Å². The molecule has 0 spiro atoms. The summed E-state index contributed by atoms with van der Waals surface area (Å²) >= 11 is 0. The highest BCUT2D eigenvalue weighted by Crippen LogP contribution is 2.22. The van der Waals surface area contributed by atoms with E-state index in [-0.39, 0.29) is 36.4 Å². The van der Waals surface area contributed by atoms with Gasteiger partial charge in [0, 0.05) is 12.2 Å². The fourth-order valence-corrected chi connectivity index (χ4v) is 3.66. The van der Waals surface area contributed by atoms with E-state index < -0.39 is 0 Å². The van der Waals surface area contributed by atoms with Crippen molar-refractivity contribution in [3.8, 4) is 0 Å². The lowest BCUT2D eigenvalue weighted by Gasteiger charge is -2.22. The first kappa shape index (κ1) is 23.0. The second kappa shape index (κ2) is 11.1. The van der Waals surface area contributed by atoms with Gasteiger partial charge in [-0.05, 0) is 59.5 Å². The molecule has 1 N–H and O–H groups in total. The van der Waals surface area contributed by atoms with Gasteiger partial charge in [-0.2, -0.15) is 0 Å². The minimum atomic E-state index is -0.364. The Morgan fingerprint density at radius 2 is 1.59 bits per heavy atom. The van der Waals surface area contributed by atoms with E-state index in [2.05, 4.69) is 5.32 Å². The summed E-state index contributed by atoms with van der Waals surface area (Å²) in [4.78, 5) is 26.9. The summed E-state index contributed by atoms with van der Waals surface area (Å²) in [6.45, 7) is 0.747. The summed E-state index contributed by atoms with van der Waals surface area (Å²) in [6, 6.07) is 26.6. The Labute approximate surface area is 197 Å². The number of carbonyl (C=O) groups excluding carboxylic acids is 2. The molecule has 0 saturated heterocycles. The molecule has 4 aromatic rings. The van der Waals surface area contributed by atoms with E-state index in [1.165, 1.54) is 28.9 Å². The Hall–Kier alpha value is -4.19. The number of carbonyl (C=O) groups is 2. The number of benzene rings is 3. The molecule has 1 aromatic heterocycles. The third-order valence-corrected chi connectivity index (χ3v) is 5.40. The minimum Gasteiger partial charge on any atom is -0.459 e. The van der Waals surface area contributed by atoms with Gasteiger partial charge in [0.15, 0.2) is 5.76 Å². The molecule has 34 heavy (non-hydrogen) atoms. The van der Waals surface area contributed by atoms with Gasteiger partial charge in [-0.3, -0.25) is 9.59 Å². The predicted molar refractivity (Wildman–Crippen MR) is 129 cm³/mol. The largest absolute Gasteiger partial charge is 0.459 e. The van der Waals surface area contributed by atoms with Crippen LogP contribution in [-0.4, -0.2) is 18.4 Å². The lowest BCUT2D eigenvalue weighted by atomic mass is 10.1. The number of hydrogen-bond acceptors (Lipinski definition) is 3. The van der Waals surface area contributed by atoms with Gasteiger partial charge in [-0.15, -0.1) is 0 Å². The van der Waals surface area contributed by atoms with Crippen LogP contribution in [0.1, 0.15) is 27.2 Å². The molecule has 3 aromatic carbocycles. The van der Waals surface area contributed by atoms with Crippen molar-refractivity contribution >= 4 is 17.5 Å². The van der Waals surface area contributed by atoms with E-state index in [1.807, 2.05) is 42.5 Å². The summed E-state index contributed by atoms with van der Waals surface area (Å²) in [5.41, 5.74) is 3.28. The predicted octanol–water partition coefficient (Wildman–Crippen LogP) is 5.17. The van der Waals surface area contributed by atoms with Gasteiger partial charge in [0.25, 0.3) is 5.91 Å². The number of furan rings is 1. The van der Waals surface area contributed by atoms with E-state index >= 15 is 0 Å². The van der Waals surface area contributed by atoms with Crippen molar-refractivity contribution < 1.29 is 18.4 Å². The molecule has 2 amide bonds. The topological polar surface area (TPSA) is 62.6 Å². The van der Waals surface area contributed by atoms with Crippen LogP contribution in [0.4, 0.5) is 10.1 Å². The molecule has 0 unspecified atom stereocenters. The zero-order chi connectivity index (χ0) is 23.8. The molecule has 0 atom stereocenters. The summed E-state index contributed by atoms with van der Waals surface area (Å²) in [6.07, 6.45) is 2.45. The minimum absolute atomic E-state index is 0.0630. The molecular weight excluding hydrogens is 431 g/mol. The van der Waals surface area contributed by atoms with E-state index in [0.29, 0.717) is 17.8 Å². The van der Waals surface area contributed by atoms with Crippen molar-refractivity contribution in [2.24, 2.45) is 0 Å². The van der Waals surface area contributed by atoms with E-state index in [0.717, 1.165) is 12.0 Å². The Morgan fingerprint density at radius 3 is 2.29 bits per heavy atom. The average Bonchev–Trinajstić information content (AvgIpc) is 3.39. The molecule has 0 aliphatic carbocycles. The highest BCUT2D eigenvalue weighted by atomic mass is 19.1. The van der Waals surface area contributed by atoms with Crippen LogP contribution in [0.5, 0.6) is 0 Å². The maximum atomic E-state index is 13.7. The summed E-state index contributed by atoms with van der Waals surface area (Å²) < 4.78 is 19.0. The molecule has 6 heteroatoms. The molecule has 0 fully saturated rings. The lowest BCUT2D eigenvalue weighted by molar-refractivity contribution is -0.120. The zero-order valence-corrected chi connectivity index (χ0v) is 18.6. The smallest absolute Gasteiger partial charge is 0.294 e. The lowest BCUT2D eigenvalue weighted by Crippen LogP contribution is -2.30. The van der Waals surface area contributed by atoms with Crippen LogP contribution >= 0.6 is 0 Å². The highest BCUT2D eigenvalue weighted by molar-refractivity contribution is 6.04. The monoisotopic (exact) mass is 456 g/mol. The maximum Gasteiger partial charge on any atom is 0.294 e. The molecule has 5 nitrogen and oxygen atoms in total. The van der Waals surface area contributed by atoms with Crippen molar-refractivity contribution in [1.82, 2.24) is 5.32 Å². The standard InChI is InChI=1S/C28H25FN2O3/c29-24-9-4-8-23(18-24)20-31(28(33)26-10-5-17-34-26)25-13-11-22(12-14-25)19-27(32)30-16-15-21-6-2-1-3-7-21/h1-14,17-18H,15-16,19-20H2,(H,30,32). The van der Waals surface area contributed by atoms with E-state index in [1.54, 1.807) is 36.4 Å². The van der Waals surface area contributed by atoms with Gasteiger partial charge in [0.1, 0.15) is 5.82 Å². The third-order valence-electron chi connectivity index (χ3n) is 5.40. The SMILES string of the molecule is O=C(Cc1ccc(N(Cc2cccc(F)c2)C(=O)c2ccco2)cc1)NCCc1ccccc1. The van der Waals surface area contributed by atoms with Crippen molar-refractivity contribution in [2.45, 2.75) is 19.4 Å². The summed E-state index contributed by atoms with van der Waals surface area (Å²) in [5.74, 6) is -0.567. The first-order chi connectivity index (χ1) is 16.6. The number of amides is 2. The molecule has 1 heterocycles. The normalized spacial score (nSPS) is 10.6. The molecule has 0 aliphatic rings. The van der Waals surface area contributed by atoms with Gasteiger partial charge in [-0.1, -0.05) is 54.6 Å². The van der Waals surface area contributed by atoms with Crippen LogP contribution < -0.4 is 10.2 Å². The second-order valence-electron chi connectivity index (χ2n) is 7.93. The van der Waals surface area contributed by atoms with Crippen LogP contribution in [0, 0.1) is 5.82 Å². The van der Waals surface area contributed by atoms with Crippen LogP contribution in [0.2, 0.25) is 0 Å². The number of hydrogen-bond donors (Lipinski definition) is 1. The van der Waals surface area contributed by atoms with Gasteiger partial charge >= 0.3 is 0 Å². The molecule has 0 saturated carbocycles. The van der Waals surface area contributed by atoms with E-state index in [4.69, 9.17) is 4.42 Å². The Bertz CT molecular complexity index is 1220. The molecule has 4 rings (SSSR count). The first-order valence-corrected chi connectivity index (χ1v) is 11.1. The third kappa shape index (κ3) is 6.19. The van der Waals surface area contributed by atoms with Gasteiger partial charge < -0.3 is 14.6 Å². The summed E-state index contributed by atoms with van der Waals surface area (Å²) in [5, 5.41) is 2.94. The van der Waals surface area contributed by atoms with Crippen LogP contribution in [0.25, 0.3) is 0 Å². The number of halogens is 1. The van der Waals surface area contributed by atoms with Gasteiger partial charge in [0.05, 0.1) is 19.2 Å². The molecule has 0 aliphatic heterocycles. The van der Waals surface area contributed by atoms with E-state index in [9.17, 15) is 14.0 Å². The fourth-order valence-electron chi connectivity index (χ4n) is 3.66. The average molecular weight is 457 g/mol. The zero-order valence-electron chi connectivity index (χ0n) is 18.6.